The highest BCUT2D eigenvalue weighted by molar-refractivity contribution is 6.30. The van der Waals surface area contributed by atoms with E-state index in [0.29, 0.717) is 35.3 Å². The van der Waals surface area contributed by atoms with Crippen LogP contribution in [0.1, 0.15) is 34.8 Å². The lowest BCUT2D eigenvalue weighted by Gasteiger charge is -2.23. The lowest BCUT2D eigenvalue weighted by Crippen LogP contribution is -2.30. The fourth-order valence-electron chi connectivity index (χ4n) is 3.50. The molecule has 8 nitrogen and oxygen atoms in total. The van der Waals surface area contributed by atoms with Crippen molar-refractivity contribution in [3.63, 3.8) is 0 Å². The lowest BCUT2D eigenvalue weighted by molar-refractivity contribution is 0.0902. The molecule has 32 heavy (non-hydrogen) atoms. The Hall–Kier alpha value is -3.01. The van der Waals surface area contributed by atoms with E-state index in [1.54, 1.807) is 36.5 Å². The Morgan fingerprint density at radius 1 is 1.34 bits per heavy atom. The van der Waals surface area contributed by atoms with Crippen molar-refractivity contribution in [1.29, 1.82) is 0 Å². The number of nitrogens with zero attached hydrogens (tertiary/aromatic N) is 3. The molecule has 1 amide bonds. The van der Waals surface area contributed by atoms with Gasteiger partial charge in [0.15, 0.2) is 11.6 Å². The molecule has 1 atom stereocenters. The van der Waals surface area contributed by atoms with E-state index in [-0.39, 0.29) is 18.5 Å². The number of benzene rings is 1. The van der Waals surface area contributed by atoms with Crippen LogP contribution in [-0.2, 0) is 4.74 Å². The van der Waals surface area contributed by atoms with Gasteiger partial charge < -0.3 is 25.0 Å². The normalized spacial score (nSPS) is 15.3. The molecule has 1 aliphatic rings. The zero-order chi connectivity index (χ0) is 22.5. The Kier molecular flexibility index (Phi) is 6.99. The van der Waals surface area contributed by atoms with Gasteiger partial charge in [-0.25, -0.2) is 9.37 Å². The third-order valence-corrected chi connectivity index (χ3v) is 5.45. The summed E-state index contributed by atoms with van der Waals surface area (Å²) in [7, 11) is 0. The minimum Gasteiger partial charge on any atom is -0.394 e. The number of halogens is 2. The lowest BCUT2D eigenvalue weighted by atomic mass is 10.1. The number of amides is 1. The number of hydrogen-bond acceptors (Lipinski definition) is 6. The third kappa shape index (κ3) is 5.24. The molecule has 0 radical (unpaired) electrons. The Bertz CT molecular complexity index is 1090. The largest absolute Gasteiger partial charge is 0.394 e. The third-order valence-electron chi connectivity index (χ3n) is 5.22. The molecule has 168 valence electrons. The molecule has 10 heteroatoms. The first-order valence-electron chi connectivity index (χ1n) is 10.3. The molecular formula is C22H23ClFN5O3. The molecule has 1 saturated heterocycles. The first-order chi connectivity index (χ1) is 15.5. The SMILES string of the molecule is O=C(N[C@H](CO)c1cccc(Cl)c1)c1ccn(-c2nc(NC3CCOCC3)ncc2F)c1. The van der Waals surface area contributed by atoms with E-state index in [9.17, 15) is 14.3 Å². The Labute approximate surface area is 189 Å². The van der Waals surface area contributed by atoms with Crippen LogP contribution in [-0.4, -0.2) is 51.4 Å². The van der Waals surface area contributed by atoms with E-state index in [0.717, 1.165) is 19.0 Å². The van der Waals surface area contributed by atoms with Gasteiger partial charge in [0.05, 0.1) is 24.4 Å². The van der Waals surface area contributed by atoms with E-state index >= 15 is 0 Å². The van der Waals surface area contributed by atoms with Gasteiger partial charge in [-0.05, 0) is 36.6 Å². The second kappa shape index (κ2) is 10.1. The molecule has 1 aromatic carbocycles. The maximum atomic E-state index is 14.4. The number of carbonyl (C=O) groups is 1. The number of ether oxygens (including phenoxy) is 1. The van der Waals surface area contributed by atoms with Crippen molar-refractivity contribution < 1.29 is 19.0 Å². The molecular weight excluding hydrogens is 437 g/mol. The molecule has 3 aromatic rings. The summed E-state index contributed by atoms with van der Waals surface area (Å²) in [6, 6.07) is 7.98. The van der Waals surface area contributed by atoms with Crippen LogP contribution in [0.2, 0.25) is 5.02 Å². The van der Waals surface area contributed by atoms with E-state index in [4.69, 9.17) is 16.3 Å². The number of anilines is 1. The summed E-state index contributed by atoms with van der Waals surface area (Å²) in [6.45, 7) is 1.02. The summed E-state index contributed by atoms with van der Waals surface area (Å²) in [5, 5.41) is 16.2. The summed E-state index contributed by atoms with van der Waals surface area (Å²) >= 11 is 6.00. The number of rotatable bonds is 7. The number of aliphatic hydroxyl groups is 1. The molecule has 2 aromatic heterocycles. The maximum absolute atomic E-state index is 14.4. The minimum absolute atomic E-state index is 0.0298. The summed E-state index contributed by atoms with van der Waals surface area (Å²) in [6.07, 6.45) is 5.77. The van der Waals surface area contributed by atoms with Crippen molar-refractivity contribution in [2.45, 2.75) is 24.9 Å². The van der Waals surface area contributed by atoms with Gasteiger partial charge in [0.25, 0.3) is 5.91 Å². The van der Waals surface area contributed by atoms with Gasteiger partial charge in [0.1, 0.15) is 0 Å². The summed E-state index contributed by atoms with van der Waals surface area (Å²) in [5.41, 5.74) is 0.973. The van der Waals surface area contributed by atoms with Gasteiger partial charge in [0, 0.05) is 36.7 Å². The summed E-state index contributed by atoms with van der Waals surface area (Å²) in [4.78, 5) is 21.0. The van der Waals surface area contributed by atoms with E-state index in [1.165, 1.54) is 10.8 Å². The van der Waals surface area contributed by atoms with Crippen LogP contribution in [0, 0.1) is 5.82 Å². The second-order valence-corrected chi connectivity index (χ2v) is 7.90. The summed E-state index contributed by atoms with van der Waals surface area (Å²) < 4.78 is 21.2. The van der Waals surface area contributed by atoms with Crippen LogP contribution in [0.5, 0.6) is 0 Å². The van der Waals surface area contributed by atoms with Gasteiger partial charge in [-0.2, -0.15) is 4.98 Å². The quantitative estimate of drug-likeness (QED) is 0.502. The maximum Gasteiger partial charge on any atom is 0.253 e. The zero-order valence-corrected chi connectivity index (χ0v) is 17.9. The first kappa shape index (κ1) is 22.2. The predicted octanol–water partition coefficient (Wildman–Crippen LogP) is 3.11. The van der Waals surface area contributed by atoms with Crippen LogP contribution >= 0.6 is 11.6 Å². The van der Waals surface area contributed by atoms with Gasteiger partial charge in [-0.15, -0.1) is 0 Å². The highest BCUT2D eigenvalue weighted by Crippen LogP contribution is 2.20. The molecule has 1 aliphatic heterocycles. The smallest absolute Gasteiger partial charge is 0.253 e. The molecule has 0 aliphatic carbocycles. The number of nitrogens with one attached hydrogen (secondary N) is 2. The Balaban J connectivity index is 1.49. The molecule has 1 fully saturated rings. The Morgan fingerprint density at radius 2 is 2.16 bits per heavy atom. The summed E-state index contributed by atoms with van der Waals surface area (Å²) in [5.74, 6) is -0.688. The highest BCUT2D eigenvalue weighted by atomic mass is 35.5. The molecule has 4 rings (SSSR count). The van der Waals surface area contributed by atoms with Crippen LogP contribution in [0.25, 0.3) is 5.82 Å². The predicted molar refractivity (Wildman–Crippen MR) is 118 cm³/mol. The average Bonchev–Trinajstić information content (AvgIpc) is 3.29. The van der Waals surface area contributed by atoms with Crippen molar-refractivity contribution in [3.05, 3.63) is 70.9 Å². The molecule has 0 bridgehead atoms. The highest BCUT2D eigenvalue weighted by Gasteiger charge is 2.19. The molecule has 0 saturated carbocycles. The fraction of sp³-hybridized carbons (Fsp3) is 0.318. The van der Waals surface area contributed by atoms with Crippen LogP contribution in [0.4, 0.5) is 10.3 Å². The zero-order valence-electron chi connectivity index (χ0n) is 17.2. The van der Waals surface area contributed by atoms with Gasteiger partial charge in [-0.3, -0.25) is 4.79 Å². The van der Waals surface area contributed by atoms with Crippen LogP contribution in [0.15, 0.2) is 48.9 Å². The van der Waals surface area contributed by atoms with Crippen LogP contribution in [0.3, 0.4) is 0 Å². The minimum atomic E-state index is -0.629. The van der Waals surface area contributed by atoms with Crippen molar-refractivity contribution in [3.8, 4) is 5.82 Å². The van der Waals surface area contributed by atoms with Gasteiger partial charge in [0.2, 0.25) is 5.95 Å². The van der Waals surface area contributed by atoms with Crippen LogP contribution < -0.4 is 10.6 Å². The number of aliphatic hydroxyl groups excluding tert-OH is 1. The van der Waals surface area contributed by atoms with E-state index in [2.05, 4.69) is 20.6 Å². The fourth-order valence-corrected chi connectivity index (χ4v) is 3.69. The molecule has 3 heterocycles. The second-order valence-electron chi connectivity index (χ2n) is 7.47. The number of carbonyl (C=O) groups excluding carboxylic acids is 1. The average molecular weight is 460 g/mol. The standard InChI is InChI=1S/C22H23ClFN5O3/c23-16-3-1-2-14(10-16)19(13-30)27-21(31)15-4-7-29(12-15)20-18(24)11-25-22(28-20)26-17-5-8-32-9-6-17/h1-4,7,10-12,17,19,30H,5-6,8-9,13H2,(H,27,31)(H,25,26,28)/t19-/m1/s1. The van der Waals surface area contributed by atoms with Crippen molar-refractivity contribution in [2.24, 2.45) is 0 Å². The first-order valence-corrected chi connectivity index (χ1v) is 10.6. The molecule has 0 unspecified atom stereocenters. The monoisotopic (exact) mass is 459 g/mol. The number of aromatic nitrogens is 3. The van der Waals surface area contributed by atoms with Gasteiger partial charge in [-0.1, -0.05) is 23.7 Å². The number of hydrogen-bond donors (Lipinski definition) is 3. The van der Waals surface area contributed by atoms with E-state index < -0.39 is 17.8 Å². The van der Waals surface area contributed by atoms with E-state index in [1.807, 2.05) is 0 Å². The Morgan fingerprint density at radius 3 is 2.91 bits per heavy atom. The van der Waals surface area contributed by atoms with Crippen molar-refractivity contribution in [2.75, 3.05) is 25.1 Å². The topological polar surface area (TPSA) is 101 Å². The molecule has 3 N–H and O–H groups in total. The van der Waals surface area contributed by atoms with Crippen molar-refractivity contribution >= 4 is 23.5 Å². The van der Waals surface area contributed by atoms with Crippen molar-refractivity contribution in [1.82, 2.24) is 19.9 Å². The van der Waals surface area contributed by atoms with Gasteiger partial charge >= 0.3 is 0 Å². The molecule has 0 spiro atoms.